The first kappa shape index (κ1) is 16.0. The molecule has 126 valence electrons. The predicted octanol–water partition coefficient (Wildman–Crippen LogP) is 2.70. The summed E-state index contributed by atoms with van der Waals surface area (Å²) in [5.41, 5.74) is 1.66. The first-order valence-corrected chi connectivity index (χ1v) is 8.52. The van der Waals surface area contributed by atoms with Gasteiger partial charge in [0, 0.05) is 20.1 Å². The zero-order valence-electron chi connectivity index (χ0n) is 14.2. The highest BCUT2D eigenvalue weighted by atomic mass is 16.7. The fourth-order valence-electron chi connectivity index (χ4n) is 3.34. The van der Waals surface area contributed by atoms with Crippen LogP contribution in [0.15, 0.2) is 23.2 Å². The first-order chi connectivity index (χ1) is 11.2. The molecule has 0 saturated heterocycles. The van der Waals surface area contributed by atoms with E-state index in [1.807, 2.05) is 13.1 Å². The molecule has 0 unspecified atom stereocenters. The average molecular weight is 317 g/mol. The lowest BCUT2D eigenvalue weighted by molar-refractivity contribution is 0.174. The molecule has 0 radical (unpaired) electrons. The Kier molecular flexibility index (Phi) is 4.94. The molecule has 23 heavy (non-hydrogen) atoms. The number of nitrogens with zero attached hydrogens (tertiary/aromatic N) is 1. The van der Waals surface area contributed by atoms with Gasteiger partial charge in [-0.3, -0.25) is 4.99 Å². The summed E-state index contributed by atoms with van der Waals surface area (Å²) in [4.78, 5) is 4.32. The van der Waals surface area contributed by atoms with E-state index in [1.165, 1.54) is 31.2 Å². The van der Waals surface area contributed by atoms with Crippen LogP contribution in [0.4, 0.5) is 0 Å². The zero-order chi connectivity index (χ0) is 16.1. The van der Waals surface area contributed by atoms with E-state index in [0.29, 0.717) is 12.2 Å². The summed E-state index contributed by atoms with van der Waals surface area (Å²) in [5, 5.41) is 6.87. The van der Waals surface area contributed by atoms with E-state index in [0.717, 1.165) is 37.0 Å². The van der Waals surface area contributed by atoms with Gasteiger partial charge >= 0.3 is 0 Å². The molecule has 2 N–H and O–H groups in total. The van der Waals surface area contributed by atoms with Crippen LogP contribution < -0.4 is 20.1 Å². The third-order valence-corrected chi connectivity index (χ3v) is 4.86. The fourth-order valence-corrected chi connectivity index (χ4v) is 3.34. The van der Waals surface area contributed by atoms with Crippen molar-refractivity contribution in [2.75, 3.05) is 26.9 Å². The number of rotatable bonds is 5. The largest absolute Gasteiger partial charge is 0.454 e. The van der Waals surface area contributed by atoms with Crippen LogP contribution in [0.1, 0.15) is 38.2 Å². The van der Waals surface area contributed by atoms with Gasteiger partial charge in [-0.25, -0.2) is 0 Å². The highest BCUT2D eigenvalue weighted by Crippen LogP contribution is 2.36. The molecule has 1 heterocycles. The molecule has 3 rings (SSSR count). The third-order valence-electron chi connectivity index (χ3n) is 4.86. The lowest BCUT2D eigenvalue weighted by atomic mass is 9.89. The number of ether oxygens (including phenoxy) is 2. The van der Waals surface area contributed by atoms with Crippen molar-refractivity contribution in [3.05, 3.63) is 23.8 Å². The molecule has 1 aliphatic carbocycles. The molecular weight excluding hydrogens is 290 g/mol. The SMILES string of the molecule is CN=C(NCCc1ccc2c(c1)OCO2)NCC1(C)CCCC1. The summed E-state index contributed by atoms with van der Waals surface area (Å²) in [7, 11) is 1.83. The number of hydrogen-bond acceptors (Lipinski definition) is 3. The van der Waals surface area contributed by atoms with E-state index in [-0.39, 0.29) is 0 Å². The van der Waals surface area contributed by atoms with E-state index < -0.39 is 0 Å². The van der Waals surface area contributed by atoms with E-state index in [1.54, 1.807) is 0 Å². The molecule has 2 aliphatic rings. The van der Waals surface area contributed by atoms with Crippen LogP contribution in [0.5, 0.6) is 11.5 Å². The quantitative estimate of drug-likeness (QED) is 0.648. The first-order valence-electron chi connectivity index (χ1n) is 8.52. The molecule has 1 fully saturated rings. The number of fused-ring (bicyclic) bond motifs is 1. The Morgan fingerprint density at radius 3 is 2.74 bits per heavy atom. The minimum absolute atomic E-state index is 0.326. The molecule has 0 atom stereocenters. The Morgan fingerprint density at radius 2 is 1.96 bits per heavy atom. The standard InChI is InChI=1S/C18H27N3O2/c1-18(8-3-4-9-18)12-21-17(19-2)20-10-7-14-5-6-15-16(11-14)23-13-22-15/h5-6,11H,3-4,7-10,12-13H2,1-2H3,(H2,19,20,21). The van der Waals surface area contributed by atoms with Crippen LogP contribution in [-0.4, -0.2) is 32.9 Å². The van der Waals surface area contributed by atoms with Gasteiger partial charge in [0.2, 0.25) is 6.79 Å². The third kappa shape index (κ3) is 4.09. The summed E-state index contributed by atoms with van der Waals surface area (Å²) in [6.45, 7) is 4.53. The Balaban J connectivity index is 1.43. The second-order valence-corrected chi connectivity index (χ2v) is 6.81. The Bertz CT molecular complexity index is 565. The molecule has 0 spiro atoms. The van der Waals surface area contributed by atoms with Gasteiger partial charge in [-0.2, -0.15) is 0 Å². The summed E-state index contributed by atoms with van der Waals surface area (Å²) >= 11 is 0. The van der Waals surface area contributed by atoms with Gasteiger partial charge in [0.1, 0.15) is 0 Å². The topological polar surface area (TPSA) is 54.9 Å². The van der Waals surface area contributed by atoms with Crippen molar-refractivity contribution in [2.45, 2.75) is 39.0 Å². The van der Waals surface area contributed by atoms with Crippen molar-refractivity contribution in [1.29, 1.82) is 0 Å². The monoisotopic (exact) mass is 317 g/mol. The molecule has 0 amide bonds. The number of aliphatic imine (C=N–C) groups is 1. The van der Waals surface area contributed by atoms with Crippen LogP contribution in [0.25, 0.3) is 0 Å². The van der Waals surface area contributed by atoms with Gasteiger partial charge in [0.25, 0.3) is 0 Å². The second-order valence-electron chi connectivity index (χ2n) is 6.81. The zero-order valence-corrected chi connectivity index (χ0v) is 14.2. The fraction of sp³-hybridized carbons (Fsp3) is 0.611. The minimum Gasteiger partial charge on any atom is -0.454 e. The number of benzene rings is 1. The summed E-state index contributed by atoms with van der Waals surface area (Å²) in [6, 6.07) is 6.12. The smallest absolute Gasteiger partial charge is 0.231 e. The second kappa shape index (κ2) is 7.11. The molecule has 1 aliphatic heterocycles. The van der Waals surface area contributed by atoms with Crippen molar-refractivity contribution in [2.24, 2.45) is 10.4 Å². The molecule has 0 aromatic heterocycles. The van der Waals surface area contributed by atoms with Gasteiger partial charge in [0.05, 0.1) is 0 Å². The molecular formula is C18H27N3O2. The van der Waals surface area contributed by atoms with Crippen molar-refractivity contribution < 1.29 is 9.47 Å². The molecule has 1 aromatic rings. The number of nitrogens with one attached hydrogen (secondary N) is 2. The highest BCUT2D eigenvalue weighted by molar-refractivity contribution is 5.79. The van der Waals surface area contributed by atoms with E-state index >= 15 is 0 Å². The predicted molar refractivity (Wildman–Crippen MR) is 92.2 cm³/mol. The summed E-state index contributed by atoms with van der Waals surface area (Å²) in [6.07, 6.45) is 6.26. The van der Waals surface area contributed by atoms with Crippen molar-refractivity contribution in [1.82, 2.24) is 10.6 Å². The van der Waals surface area contributed by atoms with E-state index in [4.69, 9.17) is 9.47 Å². The van der Waals surface area contributed by atoms with E-state index in [2.05, 4.69) is 34.7 Å². The van der Waals surface area contributed by atoms with Crippen molar-refractivity contribution >= 4 is 5.96 Å². The Hall–Kier alpha value is -1.91. The maximum absolute atomic E-state index is 5.42. The highest BCUT2D eigenvalue weighted by Gasteiger charge is 2.28. The Morgan fingerprint density at radius 1 is 1.17 bits per heavy atom. The van der Waals surface area contributed by atoms with Gasteiger partial charge in [0.15, 0.2) is 17.5 Å². The lowest BCUT2D eigenvalue weighted by Crippen LogP contribution is -2.42. The molecule has 5 nitrogen and oxygen atoms in total. The van der Waals surface area contributed by atoms with E-state index in [9.17, 15) is 0 Å². The maximum Gasteiger partial charge on any atom is 0.231 e. The Labute approximate surface area is 138 Å². The number of hydrogen-bond donors (Lipinski definition) is 2. The maximum atomic E-state index is 5.42. The minimum atomic E-state index is 0.326. The van der Waals surface area contributed by atoms with Gasteiger partial charge in [-0.1, -0.05) is 25.8 Å². The van der Waals surface area contributed by atoms with Crippen LogP contribution in [0, 0.1) is 5.41 Å². The molecule has 1 aromatic carbocycles. The summed E-state index contributed by atoms with van der Waals surface area (Å²) < 4.78 is 10.8. The van der Waals surface area contributed by atoms with Crippen LogP contribution >= 0.6 is 0 Å². The molecule has 5 heteroatoms. The molecule has 0 bridgehead atoms. The van der Waals surface area contributed by atoms with Crippen LogP contribution in [-0.2, 0) is 6.42 Å². The van der Waals surface area contributed by atoms with Gasteiger partial charge < -0.3 is 20.1 Å². The van der Waals surface area contributed by atoms with Crippen molar-refractivity contribution in [3.63, 3.8) is 0 Å². The van der Waals surface area contributed by atoms with Gasteiger partial charge in [-0.05, 0) is 42.4 Å². The molecule has 1 saturated carbocycles. The lowest BCUT2D eigenvalue weighted by Gasteiger charge is -2.25. The number of guanidine groups is 1. The van der Waals surface area contributed by atoms with Crippen LogP contribution in [0.3, 0.4) is 0 Å². The van der Waals surface area contributed by atoms with Gasteiger partial charge in [-0.15, -0.1) is 0 Å². The normalized spacial score (nSPS) is 19.0. The van der Waals surface area contributed by atoms with Crippen LogP contribution in [0.2, 0.25) is 0 Å². The average Bonchev–Trinajstić information content (AvgIpc) is 3.19. The van der Waals surface area contributed by atoms with Crippen molar-refractivity contribution in [3.8, 4) is 11.5 Å². The summed E-state index contributed by atoms with van der Waals surface area (Å²) in [5.74, 6) is 2.57.